The third kappa shape index (κ3) is 13.0. The number of rotatable bonds is 19. The van der Waals surface area contributed by atoms with Crippen molar-refractivity contribution in [2.75, 3.05) is 13.6 Å². The normalized spacial score (nSPS) is 17.2. The number of likely N-dealkylation sites (N-methyl/N-ethyl adjacent to an activating group) is 1. The minimum absolute atomic E-state index is 0.00154. The fourth-order valence-corrected chi connectivity index (χ4v) is 7.51. The number of ether oxygens (including phenoxy) is 1. The monoisotopic (exact) mass is 850 g/mol. The number of hydrogen-bond acceptors (Lipinski definition) is 9. The Balaban J connectivity index is 1.47. The fraction of sp³-hybridized carbons (Fsp3) is 0.413. The molecule has 0 radical (unpaired) electrons. The number of amides is 7. The number of imide groups is 1. The van der Waals surface area contributed by atoms with Crippen LogP contribution in [0.4, 0.5) is 4.79 Å². The molecule has 1 aliphatic rings. The molecule has 1 aromatic heterocycles. The van der Waals surface area contributed by atoms with Gasteiger partial charge in [-0.1, -0.05) is 92.7 Å². The van der Waals surface area contributed by atoms with Crippen LogP contribution in [-0.4, -0.2) is 95.2 Å². The highest BCUT2D eigenvalue weighted by molar-refractivity contribution is 6.05. The van der Waals surface area contributed by atoms with Gasteiger partial charge in [-0.3, -0.25) is 33.7 Å². The molecular formula is C46H58N8O8. The Morgan fingerprint density at radius 1 is 0.839 bits per heavy atom. The molecule has 2 heterocycles. The highest BCUT2D eigenvalue weighted by Gasteiger charge is 2.42. The summed E-state index contributed by atoms with van der Waals surface area (Å²) in [6.45, 7) is 4.05. The molecule has 4 aromatic rings. The van der Waals surface area contributed by atoms with Crippen molar-refractivity contribution < 1.29 is 38.3 Å². The quantitative estimate of drug-likeness (QED) is 0.0542. The van der Waals surface area contributed by atoms with E-state index in [0.29, 0.717) is 30.4 Å². The van der Waals surface area contributed by atoms with Gasteiger partial charge in [-0.25, -0.2) is 4.79 Å². The summed E-state index contributed by atoms with van der Waals surface area (Å²) >= 11 is 0. The average Bonchev–Trinajstić information content (AvgIpc) is 3.69. The van der Waals surface area contributed by atoms with Crippen LogP contribution in [0.25, 0.3) is 10.9 Å². The highest BCUT2D eigenvalue weighted by Crippen LogP contribution is 2.22. The molecule has 5 atom stereocenters. The maximum atomic E-state index is 14.8. The number of hydrogen-bond donors (Lipinski definition) is 7. The van der Waals surface area contributed by atoms with Crippen LogP contribution in [0.3, 0.4) is 0 Å². The summed E-state index contributed by atoms with van der Waals surface area (Å²) in [5.41, 5.74) is 8.76. The van der Waals surface area contributed by atoms with E-state index < -0.39 is 78.2 Å². The second-order valence-corrected chi connectivity index (χ2v) is 15.9. The van der Waals surface area contributed by atoms with Crippen molar-refractivity contribution in [3.63, 3.8) is 0 Å². The maximum Gasteiger partial charge on any atom is 0.408 e. The van der Waals surface area contributed by atoms with Crippen molar-refractivity contribution in [3.8, 4) is 0 Å². The van der Waals surface area contributed by atoms with Crippen LogP contribution in [0.1, 0.15) is 69.1 Å². The summed E-state index contributed by atoms with van der Waals surface area (Å²) in [4.78, 5) is 102. The van der Waals surface area contributed by atoms with Gasteiger partial charge in [0.1, 0.15) is 36.8 Å². The summed E-state index contributed by atoms with van der Waals surface area (Å²) in [5.74, 6) is -4.08. The lowest BCUT2D eigenvalue weighted by Gasteiger charge is -2.33. The number of aromatic amines is 1. The Bertz CT molecular complexity index is 2160. The van der Waals surface area contributed by atoms with Gasteiger partial charge in [0.2, 0.25) is 29.5 Å². The molecule has 62 heavy (non-hydrogen) atoms. The maximum absolute atomic E-state index is 14.8. The van der Waals surface area contributed by atoms with Crippen molar-refractivity contribution in [1.29, 1.82) is 0 Å². The summed E-state index contributed by atoms with van der Waals surface area (Å²) in [5, 5.41) is 14.4. The Morgan fingerprint density at radius 3 is 2.18 bits per heavy atom. The van der Waals surface area contributed by atoms with E-state index in [1.54, 1.807) is 60.8 Å². The first-order valence-corrected chi connectivity index (χ1v) is 21.1. The van der Waals surface area contributed by atoms with E-state index in [4.69, 9.17) is 10.5 Å². The number of unbranched alkanes of at least 4 members (excludes halogenated alkanes) is 1. The topological polar surface area (TPSA) is 234 Å². The predicted octanol–water partition coefficient (Wildman–Crippen LogP) is 3.14. The first-order chi connectivity index (χ1) is 29.9. The van der Waals surface area contributed by atoms with Gasteiger partial charge < -0.3 is 42.0 Å². The highest BCUT2D eigenvalue weighted by atomic mass is 16.5. The molecule has 8 N–H and O–H groups in total. The summed E-state index contributed by atoms with van der Waals surface area (Å²) < 4.78 is 5.37. The molecule has 0 saturated carbocycles. The van der Waals surface area contributed by atoms with Gasteiger partial charge in [-0.2, -0.15) is 0 Å². The van der Waals surface area contributed by atoms with Gasteiger partial charge >= 0.3 is 6.09 Å². The number of benzene rings is 3. The van der Waals surface area contributed by atoms with Crippen LogP contribution in [0.5, 0.6) is 0 Å². The Morgan fingerprint density at radius 2 is 1.50 bits per heavy atom. The molecule has 16 heteroatoms. The van der Waals surface area contributed by atoms with E-state index in [9.17, 15) is 33.6 Å². The molecule has 330 valence electrons. The average molecular weight is 851 g/mol. The summed E-state index contributed by atoms with van der Waals surface area (Å²) in [6.07, 6.45) is 1.32. The first-order valence-electron chi connectivity index (χ1n) is 21.1. The van der Waals surface area contributed by atoms with E-state index in [2.05, 4.69) is 31.6 Å². The van der Waals surface area contributed by atoms with E-state index in [1.807, 2.05) is 44.2 Å². The van der Waals surface area contributed by atoms with Crippen LogP contribution in [-0.2, 0) is 53.0 Å². The standard InChI is InChI=1S/C46H58N8O8/c1-29(2)24-36(41(56)48-3)50-43(58)37(26-32-27-49-34-19-11-10-18-33(32)34)51-44(59)39(20-12-13-23-47)54-40(55)22-21-35(53-46(61)62-28-31-16-8-5-9-17-31)42(57)52-38(45(54)60)25-30-14-6-4-7-15-30/h4-11,14-19,27,29,35-39,49H,12-13,20-26,28,47H2,1-3H3,(H,48,56)(H,50,58)(H,51,59)(H,52,57)(H,53,61)/t35-,36+,37+,38-,39+/m1/s1. The molecule has 0 unspecified atom stereocenters. The predicted molar refractivity (Wildman–Crippen MR) is 233 cm³/mol. The van der Waals surface area contributed by atoms with E-state index in [0.717, 1.165) is 21.4 Å². The summed E-state index contributed by atoms with van der Waals surface area (Å²) in [6, 6.07) is 19.1. The van der Waals surface area contributed by atoms with Gasteiger partial charge in [0.05, 0.1) is 0 Å². The molecule has 0 spiro atoms. The van der Waals surface area contributed by atoms with Crippen LogP contribution < -0.4 is 32.3 Å². The van der Waals surface area contributed by atoms with Crippen molar-refractivity contribution in [2.45, 2.75) is 102 Å². The first kappa shape index (κ1) is 46.5. The van der Waals surface area contributed by atoms with Crippen molar-refractivity contribution >= 4 is 52.4 Å². The molecule has 16 nitrogen and oxygen atoms in total. The van der Waals surface area contributed by atoms with Crippen molar-refractivity contribution in [1.82, 2.24) is 36.5 Å². The largest absolute Gasteiger partial charge is 0.445 e. The number of nitrogens with two attached hydrogens (primary N) is 1. The molecule has 0 aliphatic carbocycles. The lowest BCUT2D eigenvalue weighted by molar-refractivity contribution is -0.154. The van der Waals surface area contributed by atoms with Gasteiger partial charge in [-0.15, -0.1) is 0 Å². The van der Waals surface area contributed by atoms with Crippen LogP contribution in [0.15, 0.2) is 91.1 Å². The number of fused-ring (bicyclic) bond motifs is 1. The zero-order chi connectivity index (χ0) is 44.6. The number of para-hydroxylation sites is 1. The molecule has 1 aliphatic heterocycles. The number of carbonyl (C=O) groups is 7. The summed E-state index contributed by atoms with van der Waals surface area (Å²) in [7, 11) is 1.47. The Labute approximate surface area is 361 Å². The molecule has 1 saturated heterocycles. The van der Waals surface area contributed by atoms with Crippen molar-refractivity contribution in [3.05, 3.63) is 108 Å². The third-order valence-corrected chi connectivity index (χ3v) is 10.7. The smallest absolute Gasteiger partial charge is 0.408 e. The molecule has 7 amide bonds. The number of aromatic nitrogens is 1. The SMILES string of the molecule is CNC(=O)[C@H](CC(C)C)NC(=O)[C@H](Cc1c[nH]c2ccccc12)NC(=O)[C@H](CCCCN)N1C(=O)CC[C@@H](NC(=O)OCc2ccccc2)C(=O)N[C@H](Cc2ccccc2)C1=O. The number of alkyl carbamates (subject to hydrolysis) is 1. The zero-order valence-corrected chi connectivity index (χ0v) is 35.5. The van der Waals surface area contributed by atoms with Crippen LogP contribution in [0.2, 0.25) is 0 Å². The van der Waals surface area contributed by atoms with Crippen LogP contribution in [0, 0.1) is 5.92 Å². The Kier molecular flexibility index (Phi) is 17.2. The van der Waals surface area contributed by atoms with E-state index in [-0.39, 0.29) is 44.8 Å². The lowest BCUT2D eigenvalue weighted by Crippen LogP contribution is -2.61. The van der Waals surface area contributed by atoms with Gasteiger partial charge in [0, 0.05) is 43.4 Å². The Hall–Kier alpha value is -6.55. The molecule has 1 fully saturated rings. The van der Waals surface area contributed by atoms with E-state index >= 15 is 0 Å². The van der Waals surface area contributed by atoms with Crippen LogP contribution >= 0.6 is 0 Å². The zero-order valence-electron chi connectivity index (χ0n) is 35.5. The lowest BCUT2D eigenvalue weighted by atomic mass is 9.99. The van der Waals surface area contributed by atoms with E-state index in [1.165, 1.54) is 7.05 Å². The van der Waals surface area contributed by atoms with Gasteiger partial charge in [-0.05, 0) is 67.3 Å². The van der Waals surface area contributed by atoms with Gasteiger partial charge in [0.15, 0.2) is 0 Å². The molecular weight excluding hydrogens is 793 g/mol. The number of nitrogens with one attached hydrogen (secondary N) is 6. The third-order valence-electron chi connectivity index (χ3n) is 10.7. The molecule has 3 aromatic carbocycles. The van der Waals surface area contributed by atoms with Crippen molar-refractivity contribution in [2.24, 2.45) is 11.7 Å². The van der Waals surface area contributed by atoms with Gasteiger partial charge in [0.25, 0.3) is 5.91 Å². The second kappa shape index (κ2) is 22.9. The molecule has 0 bridgehead atoms. The number of H-pyrrole nitrogens is 1. The second-order valence-electron chi connectivity index (χ2n) is 15.9. The number of nitrogens with zero attached hydrogens (tertiary/aromatic N) is 1. The minimum Gasteiger partial charge on any atom is -0.445 e. The number of carbonyl (C=O) groups excluding carboxylic acids is 7. The molecule has 5 rings (SSSR count). The minimum atomic E-state index is -1.43. The fourth-order valence-electron chi connectivity index (χ4n) is 7.51.